The lowest BCUT2D eigenvalue weighted by atomic mass is 9.85. The van der Waals surface area contributed by atoms with Crippen LogP contribution in [0.2, 0.25) is 0 Å². The highest BCUT2D eigenvalue weighted by molar-refractivity contribution is 9.10. The van der Waals surface area contributed by atoms with Gasteiger partial charge in [-0.1, -0.05) is 22.4 Å². The first-order chi connectivity index (χ1) is 10.8. The van der Waals surface area contributed by atoms with Crippen LogP contribution < -0.4 is 10.1 Å². The molecular weight excluding hydrogens is 375 g/mol. The first-order valence-electron chi connectivity index (χ1n) is 7.55. The molecule has 1 fully saturated rings. The lowest BCUT2D eigenvalue weighted by molar-refractivity contribution is -0.184. The molecule has 128 valence electrons. The van der Waals surface area contributed by atoms with Crippen molar-refractivity contribution in [3.05, 3.63) is 28.7 Å². The summed E-state index contributed by atoms with van der Waals surface area (Å²) in [7, 11) is 0. The fourth-order valence-electron chi connectivity index (χ4n) is 2.71. The summed E-state index contributed by atoms with van der Waals surface area (Å²) in [6.45, 7) is 1.58. The number of rotatable bonds is 4. The summed E-state index contributed by atoms with van der Waals surface area (Å²) in [4.78, 5) is 12.1. The second kappa shape index (κ2) is 7.55. The van der Waals surface area contributed by atoms with Crippen molar-refractivity contribution < 1.29 is 22.7 Å². The first-order valence-corrected chi connectivity index (χ1v) is 8.34. The zero-order valence-corrected chi connectivity index (χ0v) is 14.3. The topological polar surface area (TPSA) is 38.3 Å². The van der Waals surface area contributed by atoms with E-state index in [4.69, 9.17) is 4.74 Å². The molecule has 3 unspecified atom stereocenters. The Hall–Kier alpha value is -1.24. The van der Waals surface area contributed by atoms with Gasteiger partial charge in [0.1, 0.15) is 5.75 Å². The van der Waals surface area contributed by atoms with E-state index >= 15 is 0 Å². The van der Waals surface area contributed by atoms with Gasteiger partial charge in [0.25, 0.3) is 5.91 Å². The summed E-state index contributed by atoms with van der Waals surface area (Å²) in [6.07, 6.45) is -3.83. The van der Waals surface area contributed by atoms with Crippen LogP contribution in [-0.4, -0.2) is 24.2 Å². The molecule has 0 bridgehead atoms. The fourth-order valence-corrected chi connectivity index (χ4v) is 2.97. The predicted octanol–water partition coefficient (Wildman–Crippen LogP) is 4.45. The van der Waals surface area contributed by atoms with Gasteiger partial charge < -0.3 is 10.1 Å². The molecule has 0 spiro atoms. The SMILES string of the molecule is CC(Oc1ccc(Br)cc1)C(=O)NC1CCCC(C(F)(F)F)C1. The molecule has 0 aromatic heterocycles. The third-order valence-electron chi connectivity index (χ3n) is 3.98. The predicted molar refractivity (Wildman–Crippen MR) is 84.2 cm³/mol. The standard InChI is InChI=1S/C16H19BrF3NO2/c1-10(23-14-7-5-12(17)6-8-14)15(22)21-13-4-2-3-11(9-13)16(18,19)20/h5-8,10-11,13H,2-4,9H2,1H3,(H,21,22). The van der Waals surface area contributed by atoms with Gasteiger partial charge in [-0.15, -0.1) is 0 Å². The summed E-state index contributed by atoms with van der Waals surface area (Å²) in [5.74, 6) is -1.18. The van der Waals surface area contributed by atoms with Crippen molar-refractivity contribution in [3.63, 3.8) is 0 Å². The molecule has 0 saturated heterocycles. The molecule has 1 amide bonds. The van der Waals surface area contributed by atoms with Gasteiger partial charge in [0, 0.05) is 10.5 Å². The minimum absolute atomic E-state index is 0.0553. The average Bonchev–Trinajstić information content (AvgIpc) is 2.49. The van der Waals surface area contributed by atoms with Gasteiger partial charge >= 0.3 is 6.18 Å². The van der Waals surface area contributed by atoms with Crippen molar-refractivity contribution in [2.75, 3.05) is 0 Å². The van der Waals surface area contributed by atoms with Crippen molar-refractivity contribution in [3.8, 4) is 5.75 Å². The summed E-state index contributed by atoms with van der Waals surface area (Å²) in [6, 6.07) is 6.56. The van der Waals surface area contributed by atoms with Crippen LogP contribution in [0.5, 0.6) is 5.75 Å². The van der Waals surface area contributed by atoms with Gasteiger partial charge in [0.2, 0.25) is 0 Å². The number of benzene rings is 1. The van der Waals surface area contributed by atoms with Crippen LogP contribution >= 0.6 is 15.9 Å². The maximum atomic E-state index is 12.8. The Labute approximate surface area is 141 Å². The largest absolute Gasteiger partial charge is 0.481 e. The van der Waals surface area contributed by atoms with E-state index in [1.54, 1.807) is 31.2 Å². The molecule has 1 N–H and O–H groups in total. The first kappa shape index (κ1) is 18.1. The highest BCUT2D eigenvalue weighted by atomic mass is 79.9. The van der Waals surface area contributed by atoms with Crippen LogP contribution in [0, 0.1) is 5.92 Å². The number of alkyl halides is 3. The smallest absolute Gasteiger partial charge is 0.391 e. The molecule has 2 rings (SSSR count). The average molecular weight is 394 g/mol. The van der Waals surface area contributed by atoms with E-state index in [1.165, 1.54) is 0 Å². The Morgan fingerprint density at radius 2 is 1.96 bits per heavy atom. The Kier molecular flexibility index (Phi) is 5.95. The normalized spacial score (nSPS) is 23.2. The minimum atomic E-state index is -4.19. The number of ether oxygens (including phenoxy) is 1. The Morgan fingerprint density at radius 1 is 1.30 bits per heavy atom. The second-order valence-corrected chi connectivity index (χ2v) is 6.74. The lowest BCUT2D eigenvalue weighted by Crippen LogP contribution is -2.46. The number of halogens is 4. The van der Waals surface area contributed by atoms with Crippen molar-refractivity contribution >= 4 is 21.8 Å². The fraction of sp³-hybridized carbons (Fsp3) is 0.562. The highest BCUT2D eigenvalue weighted by Gasteiger charge is 2.42. The molecule has 1 aliphatic carbocycles. The molecule has 3 nitrogen and oxygen atoms in total. The van der Waals surface area contributed by atoms with E-state index in [1.807, 2.05) is 0 Å². The van der Waals surface area contributed by atoms with E-state index in [9.17, 15) is 18.0 Å². The maximum absolute atomic E-state index is 12.8. The molecular formula is C16H19BrF3NO2. The molecule has 0 aliphatic heterocycles. The Morgan fingerprint density at radius 3 is 2.57 bits per heavy atom. The summed E-state index contributed by atoms with van der Waals surface area (Å²) in [5, 5.41) is 2.68. The van der Waals surface area contributed by atoms with E-state index < -0.39 is 24.2 Å². The van der Waals surface area contributed by atoms with Crippen molar-refractivity contribution in [1.29, 1.82) is 0 Å². The molecule has 7 heteroatoms. The number of nitrogens with one attached hydrogen (secondary N) is 1. The lowest BCUT2D eigenvalue weighted by Gasteiger charge is -2.31. The minimum Gasteiger partial charge on any atom is -0.481 e. The monoisotopic (exact) mass is 393 g/mol. The molecule has 23 heavy (non-hydrogen) atoms. The molecule has 1 aromatic rings. The maximum Gasteiger partial charge on any atom is 0.391 e. The zero-order chi connectivity index (χ0) is 17.0. The third-order valence-corrected chi connectivity index (χ3v) is 4.51. The summed E-state index contributed by atoms with van der Waals surface area (Å²) >= 11 is 3.30. The molecule has 1 aromatic carbocycles. The molecule has 3 atom stereocenters. The van der Waals surface area contributed by atoms with E-state index in [2.05, 4.69) is 21.2 Å². The summed E-state index contributed by atoms with van der Waals surface area (Å²) < 4.78 is 44.8. The summed E-state index contributed by atoms with van der Waals surface area (Å²) in [5.41, 5.74) is 0. The molecule has 0 heterocycles. The third kappa shape index (κ3) is 5.41. The van der Waals surface area contributed by atoms with Gasteiger partial charge in [-0.3, -0.25) is 4.79 Å². The molecule has 1 saturated carbocycles. The number of hydrogen-bond acceptors (Lipinski definition) is 2. The number of hydrogen-bond donors (Lipinski definition) is 1. The van der Waals surface area contributed by atoms with E-state index in [0.29, 0.717) is 18.6 Å². The van der Waals surface area contributed by atoms with E-state index in [0.717, 1.165) is 4.47 Å². The Balaban J connectivity index is 1.86. The number of amides is 1. The van der Waals surface area contributed by atoms with Crippen LogP contribution in [-0.2, 0) is 4.79 Å². The quantitative estimate of drug-likeness (QED) is 0.820. The van der Waals surface area contributed by atoms with Gasteiger partial charge in [0.15, 0.2) is 6.10 Å². The number of carbonyl (C=O) groups is 1. The van der Waals surface area contributed by atoms with Gasteiger partial charge in [0.05, 0.1) is 5.92 Å². The van der Waals surface area contributed by atoms with Crippen molar-refractivity contribution in [2.45, 2.75) is 50.9 Å². The van der Waals surface area contributed by atoms with Crippen LogP contribution in [0.15, 0.2) is 28.7 Å². The van der Waals surface area contributed by atoms with Crippen molar-refractivity contribution in [1.82, 2.24) is 5.32 Å². The number of carbonyl (C=O) groups excluding carboxylic acids is 1. The van der Waals surface area contributed by atoms with Crippen LogP contribution in [0.4, 0.5) is 13.2 Å². The van der Waals surface area contributed by atoms with E-state index in [-0.39, 0.29) is 18.7 Å². The Bertz CT molecular complexity index is 533. The van der Waals surface area contributed by atoms with Gasteiger partial charge in [-0.05, 0) is 50.5 Å². The van der Waals surface area contributed by atoms with Crippen molar-refractivity contribution in [2.24, 2.45) is 5.92 Å². The van der Waals surface area contributed by atoms with Crippen LogP contribution in [0.3, 0.4) is 0 Å². The van der Waals surface area contributed by atoms with Crippen LogP contribution in [0.1, 0.15) is 32.6 Å². The van der Waals surface area contributed by atoms with Gasteiger partial charge in [-0.2, -0.15) is 13.2 Å². The second-order valence-electron chi connectivity index (χ2n) is 5.82. The molecule has 1 aliphatic rings. The molecule has 0 radical (unpaired) electrons. The van der Waals surface area contributed by atoms with Gasteiger partial charge in [-0.25, -0.2) is 0 Å². The van der Waals surface area contributed by atoms with Crippen LogP contribution in [0.25, 0.3) is 0 Å². The highest BCUT2D eigenvalue weighted by Crippen LogP contribution is 2.37. The zero-order valence-electron chi connectivity index (χ0n) is 12.7.